The molecule has 0 spiro atoms. The van der Waals surface area contributed by atoms with Gasteiger partial charge in [0.05, 0.1) is 29.0 Å². The Morgan fingerprint density at radius 2 is 1.71 bits per heavy atom. The molecule has 0 aliphatic carbocycles. The summed E-state index contributed by atoms with van der Waals surface area (Å²) in [5.74, 6) is -0.381. The lowest BCUT2D eigenvalue weighted by molar-refractivity contribution is -0.268. The average molecular weight is 593 g/mol. The molecule has 0 saturated carbocycles. The van der Waals surface area contributed by atoms with E-state index in [-0.39, 0.29) is 49.9 Å². The molecule has 3 aromatic carbocycles. The van der Waals surface area contributed by atoms with Crippen LogP contribution >= 0.6 is 23.1 Å². The quantitative estimate of drug-likeness (QED) is 0.168. The number of anilines is 1. The van der Waals surface area contributed by atoms with Gasteiger partial charge in [0.2, 0.25) is 5.91 Å². The van der Waals surface area contributed by atoms with Crippen LogP contribution in [0.15, 0.2) is 77.1 Å². The number of hydrogen-bond donors (Lipinski definition) is 3. The van der Waals surface area contributed by atoms with Crippen molar-refractivity contribution in [2.75, 3.05) is 11.1 Å². The number of carboxylic acids is 1. The summed E-state index contributed by atoms with van der Waals surface area (Å²) in [5, 5.41) is 21.1. The van der Waals surface area contributed by atoms with Crippen molar-refractivity contribution in [3.05, 3.63) is 89.5 Å². The number of amides is 1. The van der Waals surface area contributed by atoms with E-state index in [1.54, 1.807) is 35.2 Å². The lowest BCUT2D eigenvalue weighted by Gasteiger charge is -2.41. The molecule has 214 valence electrons. The number of carboxylic acid groups (broad SMARTS) is 1. The van der Waals surface area contributed by atoms with Gasteiger partial charge in [-0.25, -0.2) is 4.98 Å². The third-order valence-electron chi connectivity index (χ3n) is 7.03. The molecule has 1 fully saturated rings. The first kappa shape index (κ1) is 29.2. The second-order valence-corrected chi connectivity index (χ2v) is 12.3. The van der Waals surface area contributed by atoms with Crippen LogP contribution in [-0.2, 0) is 25.7 Å². The van der Waals surface area contributed by atoms with Crippen LogP contribution in [0.3, 0.4) is 0 Å². The van der Waals surface area contributed by atoms with Crippen molar-refractivity contribution in [1.29, 1.82) is 0 Å². The molecule has 10 heteroatoms. The number of carbonyl (C=O) groups is 2. The Hall–Kier alpha value is -3.28. The molecule has 4 atom stereocenters. The largest absolute Gasteiger partial charge is 0.481 e. The van der Waals surface area contributed by atoms with Crippen molar-refractivity contribution < 1.29 is 29.3 Å². The van der Waals surface area contributed by atoms with Crippen molar-refractivity contribution >= 4 is 50.9 Å². The van der Waals surface area contributed by atoms with Crippen molar-refractivity contribution in [2.24, 2.45) is 5.92 Å². The molecule has 41 heavy (non-hydrogen) atoms. The first-order valence-electron chi connectivity index (χ1n) is 13.5. The maximum atomic E-state index is 12.2. The number of thioether (sulfide) groups is 1. The van der Waals surface area contributed by atoms with Gasteiger partial charge < -0.3 is 25.0 Å². The number of aliphatic carboxylic acids is 1. The number of aliphatic hydroxyl groups is 1. The zero-order chi connectivity index (χ0) is 28.8. The summed E-state index contributed by atoms with van der Waals surface area (Å²) in [4.78, 5) is 27.6. The number of rotatable bonds is 11. The van der Waals surface area contributed by atoms with E-state index < -0.39 is 12.3 Å². The summed E-state index contributed by atoms with van der Waals surface area (Å²) < 4.78 is 15.2. The summed E-state index contributed by atoms with van der Waals surface area (Å²) in [6, 6.07) is 23.3. The molecule has 3 N–H and O–H groups in total. The number of carbonyl (C=O) groups excluding carboxylic acids is 1. The third-order valence-corrected chi connectivity index (χ3v) is 9.30. The summed E-state index contributed by atoms with van der Waals surface area (Å²) in [5.41, 5.74) is 4.30. The number of aromatic nitrogens is 1. The van der Waals surface area contributed by atoms with Crippen LogP contribution in [0, 0.1) is 5.92 Å². The normalized spacial score (nSPS) is 20.6. The molecule has 1 aromatic heterocycles. The number of ether oxygens (including phenoxy) is 2. The Labute approximate surface area is 246 Å². The van der Waals surface area contributed by atoms with Gasteiger partial charge in [0.1, 0.15) is 0 Å². The second kappa shape index (κ2) is 13.6. The van der Waals surface area contributed by atoms with E-state index >= 15 is 0 Å². The van der Waals surface area contributed by atoms with Gasteiger partial charge >= 0.3 is 5.97 Å². The number of nitrogens with zero attached hydrogens (tertiary/aromatic N) is 1. The molecule has 0 radical (unpaired) electrons. The molecular formula is C31H32N2O6S2. The van der Waals surface area contributed by atoms with Gasteiger partial charge in [-0.3, -0.25) is 9.59 Å². The van der Waals surface area contributed by atoms with Crippen molar-refractivity contribution in [1.82, 2.24) is 4.98 Å². The Morgan fingerprint density at radius 3 is 2.41 bits per heavy atom. The van der Waals surface area contributed by atoms with Gasteiger partial charge in [-0.15, -0.1) is 11.3 Å². The minimum absolute atomic E-state index is 0.0169. The van der Waals surface area contributed by atoms with E-state index in [2.05, 4.69) is 18.3 Å². The molecule has 4 aromatic rings. The fraction of sp³-hybridized carbons (Fsp3) is 0.323. The Bertz CT molecular complexity index is 1440. The number of nitrogens with one attached hydrogen (secondary N) is 1. The molecule has 2 heterocycles. The molecule has 1 amide bonds. The Balaban J connectivity index is 1.31. The van der Waals surface area contributed by atoms with E-state index in [1.807, 2.05) is 54.6 Å². The number of fused-ring (bicyclic) bond motifs is 1. The van der Waals surface area contributed by atoms with Crippen LogP contribution in [-0.4, -0.2) is 38.9 Å². The van der Waals surface area contributed by atoms with Crippen molar-refractivity contribution in [3.8, 4) is 0 Å². The predicted octanol–water partition coefficient (Wildman–Crippen LogP) is 6.57. The maximum Gasteiger partial charge on any atom is 0.303 e. The van der Waals surface area contributed by atoms with E-state index in [0.717, 1.165) is 31.2 Å². The fourth-order valence-electron chi connectivity index (χ4n) is 4.72. The highest BCUT2D eigenvalue weighted by atomic mass is 32.2. The van der Waals surface area contributed by atoms with Crippen LogP contribution < -0.4 is 5.32 Å². The predicted molar refractivity (Wildman–Crippen MR) is 160 cm³/mol. The Morgan fingerprint density at radius 1 is 0.976 bits per heavy atom. The minimum atomic E-state index is -0.914. The van der Waals surface area contributed by atoms with Crippen LogP contribution in [0.2, 0.25) is 0 Å². The van der Waals surface area contributed by atoms with Crippen molar-refractivity contribution in [2.45, 2.75) is 55.6 Å². The van der Waals surface area contributed by atoms with E-state index in [1.165, 1.54) is 0 Å². The zero-order valence-corrected chi connectivity index (χ0v) is 24.2. The van der Waals surface area contributed by atoms with E-state index in [9.17, 15) is 14.7 Å². The van der Waals surface area contributed by atoms with E-state index in [4.69, 9.17) is 19.6 Å². The van der Waals surface area contributed by atoms with Gasteiger partial charge in [0.15, 0.2) is 10.6 Å². The number of para-hydroxylation sites is 1. The molecule has 1 saturated heterocycles. The average Bonchev–Trinajstić information content (AvgIpc) is 3.40. The summed E-state index contributed by atoms with van der Waals surface area (Å²) >= 11 is 3.36. The lowest BCUT2D eigenvalue weighted by Crippen LogP contribution is -2.38. The highest BCUT2D eigenvalue weighted by Crippen LogP contribution is 2.43. The number of thiazole rings is 1. The van der Waals surface area contributed by atoms with Gasteiger partial charge in [-0.1, -0.05) is 67.2 Å². The Kier molecular flexibility index (Phi) is 9.68. The topological polar surface area (TPSA) is 118 Å². The third kappa shape index (κ3) is 7.52. The molecule has 0 bridgehead atoms. The van der Waals surface area contributed by atoms with Crippen LogP contribution in [0.1, 0.15) is 55.3 Å². The van der Waals surface area contributed by atoms with Crippen LogP contribution in [0.5, 0.6) is 0 Å². The van der Waals surface area contributed by atoms with Crippen LogP contribution in [0.25, 0.3) is 10.2 Å². The van der Waals surface area contributed by atoms with Gasteiger partial charge in [-0.05, 0) is 41.8 Å². The standard InChI is InChI=1S/C31H32N2O6S2/c1-19-25(18-40-31-33-24-5-2-3-6-26(24)41-31)38-30(39-29(19)21-11-9-20(17-34)10-12-21)22-13-15-23(16-14-22)32-27(35)7-4-8-28(36)37/h2-3,5-6,9-16,19,25,29-30,34H,4,7-8,17-18H2,1H3,(H,32,35)(H,36,37)/t19-,25+,29+,30+/m0/s1. The number of benzene rings is 3. The highest BCUT2D eigenvalue weighted by Gasteiger charge is 2.38. The van der Waals surface area contributed by atoms with Gasteiger partial charge in [0.25, 0.3) is 0 Å². The molecule has 1 aliphatic heterocycles. The number of aliphatic hydroxyl groups excluding tert-OH is 1. The SMILES string of the molecule is C[C@H]1[C@@H](CSc2nc3ccccc3s2)O[C@@H](c2ccc(NC(=O)CCCC(=O)O)cc2)O[C@H]1c1ccc(CO)cc1. The van der Waals surface area contributed by atoms with E-state index in [0.29, 0.717) is 11.4 Å². The number of hydrogen-bond acceptors (Lipinski definition) is 8. The molecule has 5 rings (SSSR count). The lowest BCUT2D eigenvalue weighted by atomic mass is 9.91. The minimum Gasteiger partial charge on any atom is -0.481 e. The summed E-state index contributed by atoms with van der Waals surface area (Å²) in [6.45, 7) is 2.12. The molecule has 1 aliphatic rings. The molecular weight excluding hydrogens is 560 g/mol. The van der Waals surface area contributed by atoms with Crippen molar-refractivity contribution in [3.63, 3.8) is 0 Å². The first-order chi connectivity index (χ1) is 19.9. The summed E-state index contributed by atoms with van der Waals surface area (Å²) in [6.07, 6.45) is -0.569. The smallest absolute Gasteiger partial charge is 0.303 e. The van der Waals surface area contributed by atoms with Gasteiger partial charge in [0, 0.05) is 35.8 Å². The maximum absolute atomic E-state index is 12.2. The van der Waals surface area contributed by atoms with Crippen LogP contribution in [0.4, 0.5) is 5.69 Å². The summed E-state index contributed by atoms with van der Waals surface area (Å²) in [7, 11) is 0. The zero-order valence-electron chi connectivity index (χ0n) is 22.6. The monoisotopic (exact) mass is 592 g/mol. The van der Waals surface area contributed by atoms with Gasteiger partial charge in [-0.2, -0.15) is 0 Å². The molecule has 0 unspecified atom stereocenters. The second-order valence-electron chi connectivity index (χ2n) is 10.00. The molecule has 8 nitrogen and oxygen atoms in total. The fourth-order valence-corrected chi connectivity index (χ4v) is 6.98. The first-order valence-corrected chi connectivity index (χ1v) is 15.3. The highest BCUT2D eigenvalue weighted by molar-refractivity contribution is 8.01.